The first kappa shape index (κ1) is 10.4. The van der Waals surface area contributed by atoms with Gasteiger partial charge in [-0.3, -0.25) is 4.79 Å². The summed E-state index contributed by atoms with van der Waals surface area (Å²) in [5.74, 6) is -2.25. The Kier molecular flexibility index (Phi) is 3.01. The molecule has 0 aliphatic heterocycles. The van der Waals surface area contributed by atoms with Crippen molar-refractivity contribution in [3.05, 3.63) is 23.8 Å². The molecule has 0 fully saturated rings. The number of phenols is 2. The topological polar surface area (TPSA) is 77.8 Å². The third kappa shape index (κ3) is 2.42. The number of carboxylic acids is 1. The van der Waals surface area contributed by atoms with Crippen LogP contribution in [0.5, 0.6) is 11.5 Å². The first-order valence-corrected chi connectivity index (χ1v) is 4.00. The molecule has 0 amide bonds. The van der Waals surface area contributed by atoms with E-state index in [0.717, 1.165) is 0 Å². The summed E-state index contributed by atoms with van der Waals surface area (Å²) in [6.07, 6.45) is -0.218. The van der Waals surface area contributed by atoms with E-state index in [1.165, 1.54) is 18.2 Å². The van der Waals surface area contributed by atoms with Gasteiger partial charge in [-0.1, -0.05) is 6.07 Å². The van der Waals surface area contributed by atoms with E-state index in [2.05, 4.69) is 0 Å². The zero-order valence-corrected chi connectivity index (χ0v) is 7.34. The predicted octanol–water partition coefficient (Wildman–Crippen LogP) is 0.782. The number of benzene rings is 1. The average Bonchev–Trinajstić information content (AvgIpc) is 2.08. The quantitative estimate of drug-likeness (QED) is 0.488. The van der Waals surface area contributed by atoms with Crippen molar-refractivity contribution < 1.29 is 20.1 Å². The van der Waals surface area contributed by atoms with Crippen LogP contribution in [0, 0.1) is 0 Å². The highest BCUT2D eigenvalue weighted by molar-refractivity contribution is 6.13. The smallest absolute Gasteiger partial charge is 0.303 e. The summed E-state index contributed by atoms with van der Waals surface area (Å²) in [5.41, 5.74) is 0.475. The van der Waals surface area contributed by atoms with Gasteiger partial charge in [0.1, 0.15) is 0 Å². The summed E-state index contributed by atoms with van der Waals surface area (Å²) in [4.78, 5) is 10.3. The second-order valence-corrected chi connectivity index (χ2v) is 2.95. The lowest BCUT2D eigenvalue weighted by molar-refractivity contribution is -0.137. The monoisotopic (exact) mass is 192 g/mol. The highest BCUT2D eigenvalue weighted by atomic mass is 16.4. The minimum absolute atomic E-state index is 0.218. The highest BCUT2D eigenvalue weighted by Gasteiger charge is 2.11. The Hall–Kier alpha value is -1.65. The van der Waals surface area contributed by atoms with E-state index in [9.17, 15) is 4.79 Å². The molecule has 0 aliphatic carbocycles. The largest absolute Gasteiger partial charge is 0.504 e. The number of aromatic hydroxyl groups is 2. The molecule has 14 heavy (non-hydrogen) atoms. The molecule has 0 bridgehead atoms. The molecule has 72 valence electrons. The van der Waals surface area contributed by atoms with Gasteiger partial charge < -0.3 is 15.3 Å². The summed E-state index contributed by atoms with van der Waals surface area (Å²) in [5, 5.41) is 26.6. The first-order valence-electron chi connectivity index (χ1n) is 4.00. The van der Waals surface area contributed by atoms with Crippen LogP contribution in [0.2, 0.25) is 0 Å². The maximum Gasteiger partial charge on any atom is 0.303 e. The lowest BCUT2D eigenvalue weighted by Gasteiger charge is -2.09. The Morgan fingerprint density at radius 1 is 1.36 bits per heavy atom. The van der Waals surface area contributed by atoms with Crippen molar-refractivity contribution in [3.8, 4) is 11.5 Å². The van der Waals surface area contributed by atoms with Crippen LogP contribution in [-0.2, 0) is 4.79 Å². The summed E-state index contributed by atoms with van der Waals surface area (Å²) < 4.78 is 0. The lowest BCUT2D eigenvalue weighted by atomic mass is 9.78. The number of rotatable bonds is 3. The molecule has 0 heterocycles. The average molecular weight is 192 g/mol. The van der Waals surface area contributed by atoms with Crippen molar-refractivity contribution >= 4 is 13.8 Å². The summed E-state index contributed by atoms with van der Waals surface area (Å²) in [7, 11) is 5.54. The molecule has 3 N–H and O–H groups in total. The normalized spacial score (nSPS) is 12.3. The maximum atomic E-state index is 10.3. The van der Waals surface area contributed by atoms with Crippen LogP contribution in [0.25, 0.3) is 0 Å². The number of carboxylic acid groups (broad SMARTS) is 1. The van der Waals surface area contributed by atoms with E-state index in [-0.39, 0.29) is 17.9 Å². The lowest BCUT2D eigenvalue weighted by Crippen LogP contribution is -2.05. The van der Waals surface area contributed by atoms with Crippen molar-refractivity contribution in [3.63, 3.8) is 0 Å². The minimum atomic E-state index is -1.01. The van der Waals surface area contributed by atoms with Gasteiger partial charge >= 0.3 is 5.97 Å². The Labute approximate surface area is 82.2 Å². The van der Waals surface area contributed by atoms with Crippen LogP contribution >= 0.6 is 0 Å². The second kappa shape index (κ2) is 4.04. The molecule has 1 aromatic rings. The zero-order chi connectivity index (χ0) is 10.7. The third-order valence-corrected chi connectivity index (χ3v) is 1.82. The third-order valence-electron chi connectivity index (χ3n) is 1.82. The summed E-state index contributed by atoms with van der Waals surface area (Å²) in [6, 6.07) is 4.00. The van der Waals surface area contributed by atoms with Crippen molar-refractivity contribution in [2.24, 2.45) is 0 Å². The molecule has 2 radical (unpaired) electrons. The van der Waals surface area contributed by atoms with Gasteiger partial charge in [-0.2, -0.15) is 0 Å². The molecule has 1 atom stereocenters. The van der Waals surface area contributed by atoms with Gasteiger partial charge in [-0.05, 0) is 23.5 Å². The van der Waals surface area contributed by atoms with Gasteiger partial charge in [0, 0.05) is 6.42 Å². The van der Waals surface area contributed by atoms with Crippen LogP contribution in [0.3, 0.4) is 0 Å². The first-order chi connectivity index (χ1) is 6.50. The molecule has 0 saturated heterocycles. The fourth-order valence-corrected chi connectivity index (χ4v) is 1.08. The van der Waals surface area contributed by atoms with Crippen molar-refractivity contribution in [1.29, 1.82) is 0 Å². The molecule has 0 saturated carbocycles. The number of carbonyl (C=O) groups is 1. The fraction of sp³-hybridized carbons (Fsp3) is 0.222. The molecular weight excluding hydrogens is 183 g/mol. The van der Waals surface area contributed by atoms with Gasteiger partial charge in [0.2, 0.25) is 0 Å². The molecular formula is C9H9BO4. The molecule has 0 aromatic heterocycles. The number of phenolic OH excluding ortho intramolecular Hbond substituents is 2. The Bertz CT molecular complexity index is 351. The molecule has 5 heteroatoms. The Balaban J connectivity index is 2.85. The molecule has 4 nitrogen and oxygen atoms in total. The number of hydrogen-bond acceptors (Lipinski definition) is 3. The second-order valence-electron chi connectivity index (χ2n) is 2.95. The van der Waals surface area contributed by atoms with Gasteiger partial charge in [-0.15, -0.1) is 0 Å². The van der Waals surface area contributed by atoms with Gasteiger partial charge in [0.05, 0.1) is 7.85 Å². The standard InChI is InChI=1S/C9H9BO4/c10-6(4-9(13)14)5-1-2-7(11)8(12)3-5/h1-3,6,11-12H,4H2,(H,13,14). The van der Waals surface area contributed by atoms with Crippen LogP contribution in [0.4, 0.5) is 0 Å². The van der Waals surface area contributed by atoms with E-state index in [4.69, 9.17) is 23.2 Å². The van der Waals surface area contributed by atoms with E-state index in [1.54, 1.807) is 0 Å². The predicted molar refractivity (Wildman–Crippen MR) is 50.5 cm³/mol. The van der Waals surface area contributed by atoms with Crippen LogP contribution < -0.4 is 0 Å². The van der Waals surface area contributed by atoms with E-state index >= 15 is 0 Å². The van der Waals surface area contributed by atoms with E-state index in [1.807, 2.05) is 0 Å². The molecule has 1 unspecified atom stereocenters. The molecule has 0 aliphatic rings. The van der Waals surface area contributed by atoms with Crippen LogP contribution in [-0.4, -0.2) is 29.1 Å². The fourth-order valence-electron chi connectivity index (χ4n) is 1.08. The van der Waals surface area contributed by atoms with Crippen molar-refractivity contribution in [2.75, 3.05) is 0 Å². The summed E-state index contributed by atoms with van der Waals surface area (Å²) in [6.45, 7) is 0. The Morgan fingerprint density at radius 3 is 2.50 bits per heavy atom. The van der Waals surface area contributed by atoms with Crippen molar-refractivity contribution in [1.82, 2.24) is 0 Å². The minimum Gasteiger partial charge on any atom is -0.504 e. The SMILES string of the molecule is [B]C(CC(=O)O)c1ccc(O)c(O)c1. The maximum absolute atomic E-state index is 10.3. The summed E-state index contributed by atoms with van der Waals surface area (Å²) >= 11 is 0. The van der Waals surface area contributed by atoms with Gasteiger partial charge in [0.15, 0.2) is 11.5 Å². The molecule has 0 spiro atoms. The Morgan fingerprint density at radius 2 is 2.00 bits per heavy atom. The van der Waals surface area contributed by atoms with E-state index in [0.29, 0.717) is 5.56 Å². The van der Waals surface area contributed by atoms with Gasteiger partial charge in [0.25, 0.3) is 0 Å². The number of aliphatic carboxylic acids is 1. The molecule has 1 aromatic carbocycles. The molecule has 1 rings (SSSR count). The van der Waals surface area contributed by atoms with Crippen LogP contribution in [0.15, 0.2) is 18.2 Å². The number of hydrogen-bond donors (Lipinski definition) is 3. The van der Waals surface area contributed by atoms with Crippen LogP contribution in [0.1, 0.15) is 17.8 Å². The highest BCUT2D eigenvalue weighted by Crippen LogP contribution is 2.28. The van der Waals surface area contributed by atoms with E-state index < -0.39 is 11.8 Å². The van der Waals surface area contributed by atoms with Gasteiger partial charge in [-0.25, -0.2) is 0 Å². The van der Waals surface area contributed by atoms with Crippen molar-refractivity contribution in [2.45, 2.75) is 12.2 Å². The zero-order valence-electron chi connectivity index (χ0n) is 7.34.